The van der Waals surface area contributed by atoms with Crippen LogP contribution < -0.4 is 0 Å². The van der Waals surface area contributed by atoms with E-state index in [1.807, 2.05) is 4.57 Å². The molecule has 1 aromatic heterocycles. The smallest absolute Gasteiger partial charge is 0.272 e. The molecule has 0 aliphatic heterocycles. The lowest BCUT2D eigenvalue weighted by atomic mass is 10.1. The molecule has 1 aromatic carbocycles. The van der Waals surface area contributed by atoms with Gasteiger partial charge in [0.2, 0.25) is 0 Å². The number of aromatic nitrogens is 3. The SMILES string of the molecule is Cc1cc(-c2nnc(CO)n2CC(C)C)ccc1[N+](=O)[O-]. The number of hydrogen-bond donors (Lipinski definition) is 1. The third kappa shape index (κ3) is 3.08. The van der Waals surface area contributed by atoms with Gasteiger partial charge in [-0.25, -0.2) is 0 Å². The summed E-state index contributed by atoms with van der Waals surface area (Å²) < 4.78 is 1.85. The van der Waals surface area contributed by atoms with Crippen molar-refractivity contribution in [1.29, 1.82) is 0 Å². The van der Waals surface area contributed by atoms with Crippen molar-refractivity contribution in [2.75, 3.05) is 0 Å². The Morgan fingerprint density at radius 1 is 1.38 bits per heavy atom. The Morgan fingerprint density at radius 3 is 2.62 bits per heavy atom. The summed E-state index contributed by atoms with van der Waals surface area (Å²) in [5, 5.41) is 28.3. The Kier molecular flexibility index (Phi) is 4.32. The van der Waals surface area contributed by atoms with E-state index in [1.54, 1.807) is 19.1 Å². The maximum atomic E-state index is 10.9. The Labute approximate surface area is 122 Å². The quantitative estimate of drug-likeness (QED) is 0.673. The molecule has 2 rings (SSSR count). The lowest BCUT2D eigenvalue weighted by Crippen LogP contribution is -2.10. The Bertz CT molecular complexity index is 664. The van der Waals surface area contributed by atoms with E-state index >= 15 is 0 Å². The average molecular weight is 290 g/mol. The lowest BCUT2D eigenvalue weighted by Gasteiger charge is -2.12. The van der Waals surface area contributed by atoms with Gasteiger partial charge in [0.1, 0.15) is 6.61 Å². The number of hydrogen-bond acceptors (Lipinski definition) is 5. The number of nitro groups is 1. The van der Waals surface area contributed by atoms with Crippen LogP contribution in [0.15, 0.2) is 18.2 Å². The second-order valence-corrected chi connectivity index (χ2v) is 5.36. The van der Waals surface area contributed by atoms with E-state index in [9.17, 15) is 15.2 Å². The standard InChI is InChI=1S/C14H18N4O3/c1-9(2)7-17-13(8-19)15-16-14(17)11-4-5-12(18(20)21)10(3)6-11/h4-6,9,19H,7-8H2,1-3H3. The van der Waals surface area contributed by atoms with E-state index in [0.717, 1.165) is 5.56 Å². The van der Waals surface area contributed by atoms with Crippen LogP contribution in [0.1, 0.15) is 25.2 Å². The van der Waals surface area contributed by atoms with Crippen molar-refractivity contribution in [3.8, 4) is 11.4 Å². The molecular weight excluding hydrogens is 272 g/mol. The molecule has 0 spiro atoms. The summed E-state index contributed by atoms with van der Waals surface area (Å²) >= 11 is 0. The minimum atomic E-state index is -0.406. The van der Waals surface area contributed by atoms with E-state index in [0.29, 0.717) is 29.7 Å². The fraction of sp³-hybridized carbons (Fsp3) is 0.429. The molecule has 21 heavy (non-hydrogen) atoms. The van der Waals surface area contributed by atoms with Gasteiger partial charge in [0.15, 0.2) is 11.6 Å². The van der Waals surface area contributed by atoms with E-state index in [-0.39, 0.29) is 12.3 Å². The van der Waals surface area contributed by atoms with Crippen LogP contribution in [0.4, 0.5) is 5.69 Å². The predicted octanol–water partition coefficient (Wildman–Crippen LogP) is 2.31. The van der Waals surface area contributed by atoms with E-state index < -0.39 is 4.92 Å². The highest BCUT2D eigenvalue weighted by molar-refractivity contribution is 5.60. The van der Waals surface area contributed by atoms with Gasteiger partial charge in [0, 0.05) is 23.7 Å². The molecule has 0 aliphatic carbocycles. The maximum absolute atomic E-state index is 10.9. The van der Waals surface area contributed by atoms with Crippen molar-refractivity contribution in [3.05, 3.63) is 39.7 Å². The van der Waals surface area contributed by atoms with Crippen molar-refractivity contribution in [2.45, 2.75) is 33.9 Å². The van der Waals surface area contributed by atoms with Gasteiger partial charge in [-0.1, -0.05) is 13.8 Å². The second kappa shape index (κ2) is 6.01. The summed E-state index contributed by atoms with van der Waals surface area (Å²) in [6.45, 7) is 6.30. The third-order valence-corrected chi connectivity index (χ3v) is 3.17. The van der Waals surface area contributed by atoms with Crippen LogP contribution in [0.25, 0.3) is 11.4 Å². The minimum Gasteiger partial charge on any atom is -0.388 e. The molecule has 7 nitrogen and oxygen atoms in total. The molecule has 0 saturated heterocycles. The lowest BCUT2D eigenvalue weighted by molar-refractivity contribution is -0.385. The van der Waals surface area contributed by atoms with Gasteiger partial charge < -0.3 is 9.67 Å². The van der Waals surface area contributed by atoms with Crippen LogP contribution >= 0.6 is 0 Å². The summed E-state index contributed by atoms with van der Waals surface area (Å²) in [4.78, 5) is 10.5. The van der Waals surface area contributed by atoms with E-state index in [4.69, 9.17) is 0 Å². The molecule has 0 fully saturated rings. The average Bonchev–Trinajstić information content (AvgIpc) is 2.80. The summed E-state index contributed by atoms with van der Waals surface area (Å²) in [5.41, 5.74) is 1.41. The number of aliphatic hydroxyl groups is 1. The highest BCUT2D eigenvalue weighted by Gasteiger charge is 2.17. The molecule has 0 bridgehead atoms. The molecule has 0 unspecified atom stereocenters. The van der Waals surface area contributed by atoms with Gasteiger partial charge in [0.25, 0.3) is 5.69 Å². The summed E-state index contributed by atoms with van der Waals surface area (Å²) in [6.07, 6.45) is 0. The largest absolute Gasteiger partial charge is 0.388 e. The predicted molar refractivity (Wildman–Crippen MR) is 77.6 cm³/mol. The fourth-order valence-electron chi connectivity index (χ4n) is 2.22. The van der Waals surface area contributed by atoms with Crippen LogP contribution in [0.2, 0.25) is 0 Å². The number of aryl methyl sites for hydroxylation is 1. The summed E-state index contributed by atoms with van der Waals surface area (Å²) in [7, 11) is 0. The molecule has 7 heteroatoms. The van der Waals surface area contributed by atoms with Gasteiger partial charge in [-0.3, -0.25) is 10.1 Å². The Morgan fingerprint density at radius 2 is 2.10 bits per heavy atom. The fourth-order valence-corrected chi connectivity index (χ4v) is 2.22. The normalized spacial score (nSPS) is 11.1. The van der Waals surface area contributed by atoms with Crippen LogP contribution in [0, 0.1) is 23.0 Å². The monoisotopic (exact) mass is 290 g/mol. The van der Waals surface area contributed by atoms with Crippen LogP contribution in [-0.4, -0.2) is 24.8 Å². The van der Waals surface area contributed by atoms with Gasteiger partial charge in [-0.05, 0) is 25.0 Å². The van der Waals surface area contributed by atoms with Gasteiger partial charge >= 0.3 is 0 Å². The van der Waals surface area contributed by atoms with Crippen molar-refractivity contribution in [3.63, 3.8) is 0 Å². The van der Waals surface area contributed by atoms with Gasteiger partial charge in [-0.15, -0.1) is 10.2 Å². The molecule has 112 valence electrons. The molecule has 1 N–H and O–H groups in total. The number of nitro benzene ring substituents is 1. The number of nitrogens with zero attached hydrogens (tertiary/aromatic N) is 4. The van der Waals surface area contributed by atoms with Crippen molar-refractivity contribution >= 4 is 5.69 Å². The molecular formula is C14H18N4O3. The van der Waals surface area contributed by atoms with E-state index in [1.165, 1.54) is 6.07 Å². The number of benzene rings is 1. The first-order valence-electron chi connectivity index (χ1n) is 6.72. The first kappa shape index (κ1) is 15.1. The topological polar surface area (TPSA) is 94.1 Å². The number of rotatable bonds is 5. The van der Waals surface area contributed by atoms with Crippen molar-refractivity contribution in [2.24, 2.45) is 5.92 Å². The van der Waals surface area contributed by atoms with E-state index in [2.05, 4.69) is 24.0 Å². The maximum Gasteiger partial charge on any atom is 0.272 e. The van der Waals surface area contributed by atoms with Crippen LogP contribution in [-0.2, 0) is 13.2 Å². The number of aliphatic hydroxyl groups excluding tert-OH is 1. The molecule has 0 atom stereocenters. The minimum absolute atomic E-state index is 0.0797. The summed E-state index contributed by atoms with van der Waals surface area (Å²) in [6, 6.07) is 4.85. The molecule has 0 saturated carbocycles. The molecule has 1 heterocycles. The third-order valence-electron chi connectivity index (χ3n) is 3.17. The van der Waals surface area contributed by atoms with Crippen LogP contribution in [0.5, 0.6) is 0 Å². The highest BCUT2D eigenvalue weighted by Crippen LogP contribution is 2.26. The zero-order valence-corrected chi connectivity index (χ0v) is 12.3. The zero-order valence-electron chi connectivity index (χ0n) is 12.3. The van der Waals surface area contributed by atoms with Gasteiger partial charge in [0.05, 0.1) is 4.92 Å². The molecule has 2 aromatic rings. The molecule has 0 aliphatic rings. The Balaban J connectivity index is 2.49. The highest BCUT2D eigenvalue weighted by atomic mass is 16.6. The van der Waals surface area contributed by atoms with Gasteiger partial charge in [-0.2, -0.15) is 0 Å². The molecule has 0 amide bonds. The zero-order chi connectivity index (χ0) is 15.6. The Hall–Kier alpha value is -2.28. The first-order valence-corrected chi connectivity index (χ1v) is 6.72. The first-order chi connectivity index (χ1) is 9.93. The van der Waals surface area contributed by atoms with Crippen molar-refractivity contribution < 1.29 is 10.0 Å². The second-order valence-electron chi connectivity index (χ2n) is 5.36. The molecule has 0 radical (unpaired) electrons. The van der Waals surface area contributed by atoms with Crippen molar-refractivity contribution in [1.82, 2.24) is 14.8 Å². The van der Waals surface area contributed by atoms with Crippen LogP contribution in [0.3, 0.4) is 0 Å². The summed E-state index contributed by atoms with van der Waals surface area (Å²) in [5.74, 6) is 1.48.